The normalized spacial score (nSPS) is 23.9. The minimum atomic E-state index is -0.555. The zero-order valence-corrected chi connectivity index (χ0v) is 14.5. The van der Waals surface area contributed by atoms with Crippen LogP contribution in [0.5, 0.6) is 5.75 Å². The number of nitrogens with zero attached hydrogens (tertiary/aromatic N) is 2. The van der Waals surface area contributed by atoms with Gasteiger partial charge in [0.1, 0.15) is 18.5 Å². The molecule has 0 spiro atoms. The Morgan fingerprint density at radius 3 is 2.92 bits per heavy atom. The summed E-state index contributed by atoms with van der Waals surface area (Å²) in [4.78, 5) is 0. The molecule has 3 heterocycles. The molecule has 2 atom stereocenters. The molecule has 1 saturated heterocycles. The molecule has 0 radical (unpaired) electrons. The van der Waals surface area contributed by atoms with Crippen molar-refractivity contribution in [3.8, 4) is 5.75 Å². The predicted octanol–water partition coefficient (Wildman–Crippen LogP) is 2.13. The van der Waals surface area contributed by atoms with Crippen LogP contribution in [0.4, 0.5) is 0 Å². The summed E-state index contributed by atoms with van der Waals surface area (Å²) in [6, 6.07) is 8.18. The van der Waals surface area contributed by atoms with Crippen LogP contribution in [0.2, 0.25) is 0 Å². The van der Waals surface area contributed by atoms with E-state index in [0.717, 1.165) is 43.1 Å². The fourth-order valence-electron chi connectivity index (χ4n) is 3.64. The van der Waals surface area contributed by atoms with Gasteiger partial charge in [-0.3, -0.25) is 4.68 Å². The average molecular weight is 343 g/mol. The van der Waals surface area contributed by atoms with E-state index in [1.54, 1.807) is 0 Å². The Morgan fingerprint density at radius 1 is 1.28 bits per heavy atom. The maximum Gasteiger partial charge on any atom is 0.124 e. The van der Waals surface area contributed by atoms with Crippen molar-refractivity contribution in [3.63, 3.8) is 0 Å². The van der Waals surface area contributed by atoms with Crippen molar-refractivity contribution in [3.05, 3.63) is 47.3 Å². The molecule has 0 aliphatic carbocycles. The third-order valence-electron chi connectivity index (χ3n) is 5.14. The molecular weight excluding hydrogens is 318 g/mol. The topological polar surface area (TPSA) is 68.5 Å². The molecule has 1 aromatic carbocycles. The molecule has 6 nitrogen and oxygen atoms in total. The quantitative estimate of drug-likeness (QED) is 0.890. The molecule has 1 aromatic heterocycles. The summed E-state index contributed by atoms with van der Waals surface area (Å²) in [5, 5.41) is 18.5. The predicted molar refractivity (Wildman–Crippen MR) is 93.6 cm³/mol. The van der Waals surface area contributed by atoms with Crippen LogP contribution < -0.4 is 10.1 Å². The summed E-state index contributed by atoms with van der Waals surface area (Å²) < 4.78 is 13.1. The SMILES string of the molecule is Cc1nn(C2CCOCC2)cc1CN[C@H]1c2ccccc2OC[C@H]1O. The summed E-state index contributed by atoms with van der Waals surface area (Å²) >= 11 is 0. The lowest BCUT2D eigenvalue weighted by molar-refractivity contribution is 0.0544. The number of ether oxygens (including phenoxy) is 2. The zero-order chi connectivity index (χ0) is 17.2. The highest BCUT2D eigenvalue weighted by molar-refractivity contribution is 5.38. The molecule has 0 unspecified atom stereocenters. The molecule has 4 rings (SSSR count). The van der Waals surface area contributed by atoms with E-state index < -0.39 is 6.10 Å². The van der Waals surface area contributed by atoms with Gasteiger partial charge in [-0.1, -0.05) is 18.2 Å². The lowest BCUT2D eigenvalue weighted by Gasteiger charge is -2.31. The molecule has 2 N–H and O–H groups in total. The van der Waals surface area contributed by atoms with Gasteiger partial charge in [-0.25, -0.2) is 0 Å². The molecule has 6 heteroatoms. The number of aliphatic hydroxyl groups excluding tert-OH is 1. The van der Waals surface area contributed by atoms with Gasteiger partial charge in [0.2, 0.25) is 0 Å². The number of aliphatic hydroxyl groups is 1. The van der Waals surface area contributed by atoms with E-state index in [0.29, 0.717) is 19.2 Å². The van der Waals surface area contributed by atoms with E-state index in [9.17, 15) is 5.11 Å². The van der Waals surface area contributed by atoms with Crippen molar-refractivity contribution in [2.24, 2.45) is 0 Å². The first-order valence-electron chi connectivity index (χ1n) is 8.98. The largest absolute Gasteiger partial charge is 0.490 e. The minimum Gasteiger partial charge on any atom is -0.490 e. The van der Waals surface area contributed by atoms with Crippen molar-refractivity contribution in [1.82, 2.24) is 15.1 Å². The molecule has 2 aromatic rings. The monoisotopic (exact) mass is 343 g/mol. The molecule has 0 bridgehead atoms. The first-order valence-corrected chi connectivity index (χ1v) is 8.98. The van der Waals surface area contributed by atoms with E-state index in [1.165, 1.54) is 5.56 Å². The fraction of sp³-hybridized carbons (Fsp3) is 0.526. The Hall–Kier alpha value is -1.89. The van der Waals surface area contributed by atoms with Crippen molar-refractivity contribution in [1.29, 1.82) is 0 Å². The lowest BCUT2D eigenvalue weighted by atomic mass is 9.98. The Morgan fingerprint density at radius 2 is 2.08 bits per heavy atom. The first-order chi connectivity index (χ1) is 12.2. The van der Waals surface area contributed by atoms with Gasteiger partial charge >= 0.3 is 0 Å². The number of aromatic nitrogens is 2. The fourth-order valence-corrected chi connectivity index (χ4v) is 3.64. The molecule has 0 saturated carbocycles. The number of nitrogens with one attached hydrogen (secondary N) is 1. The summed E-state index contributed by atoms with van der Waals surface area (Å²) in [5.74, 6) is 0.847. The number of benzene rings is 1. The van der Waals surface area contributed by atoms with Crippen LogP contribution in [0.15, 0.2) is 30.5 Å². The number of rotatable bonds is 4. The van der Waals surface area contributed by atoms with Crippen molar-refractivity contribution in [2.75, 3.05) is 19.8 Å². The van der Waals surface area contributed by atoms with Gasteiger partial charge in [0.15, 0.2) is 0 Å². The van der Waals surface area contributed by atoms with Crippen LogP contribution in [-0.2, 0) is 11.3 Å². The van der Waals surface area contributed by atoms with Crippen LogP contribution in [0, 0.1) is 6.92 Å². The summed E-state index contributed by atoms with van der Waals surface area (Å²) in [6.07, 6.45) is 3.61. The Bertz CT molecular complexity index is 724. The standard InChI is InChI=1S/C19H25N3O3/c1-13-14(11-22(21-13)15-6-8-24-9-7-15)10-20-19-16-4-2-3-5-18(16)25-12-17(19)23/h2-5,11,15,17,19-20,23H,6-10,12H2,1H3/t17-,19+/m1/s1. The van der Waals surface area contributed by atoms with E-state index >= 15 is 0 Å². The number of aryl methyl sites for hydroxylation is 1. The molecule has 1 fully saturated rings. The van der Waals surface area contributed by atoms with Crippen LogP contribution in [0.1, 0.15) is 41.7 Å². The second-order valence-electron chi connectivity index (χ2n) is 6.84. The van der Waals surface area contributed by atoms with Crippen molar-refractivity contribution < 1.29 is 14.6 Å². The van der Waals surface area contributed by atoms with Gasteiger partial charge in [0, 0.05) is 37.1 Å². The van der Waals surface area contributed by atoms with Gasteiger partial charge in [0.25, 0.3) is 0 Å². The van der Waals surface area contributed by atoms with E-state index in [2.05, 4.69) is 16.2 Å². The average Bonchev–Trinajstić information content (AvgIpc) is 3.02. The highest BCUT2D eigenvalue weighted by Gasteiger charge is 2.29. The zero-order valence-electron chi connectivity index (χ0n) is 14.5. The highest BCUT2D eigenvalue weighted by atomic mass is 16.5. The van der Waals surface area contributed by atoms with Crippen LogP contribution in [0.3, 0.4) is 0 Å². The molecule has 134 valence electrons. The number of hydrogen-bond acceptors (Lipinski definition) is 5. The van der Waals surface area contributed by atoms with Gasteiger partial charge in [-0.05, 0) is 25.8 Å². The second kappa shape index (κ2) is 7.15. The Labute approximate surface area is 147 Å². The first kappa shape index (κ1) is 16.6. The number of hydrogen-bond donors (Lipinski definition) is 2. The lowest BCUT2D eigenvalue weighted by Crippen LogP contribution is -2.39. The molecule has 2 aliphatic rings. The summed E-state index contributed by atoms with van der Waals surface area (Å²) in [6.45, 7) is 4.64. The molecular formula is C19H25N3O3. The summed E-state index contributed by atoms with van der Waals surface area (Å²) in [7, 11) is 0. The number of fused-ring (bicyclic) bond motifs is 1. The Kier molecular flexibility index (Phi) is 4.74. The smallest absolute Gasteiger partial charge is 0.124 e. The van der Waals surface area contributed by atoms with Gasteiger partial charge in [-0.15, -0.1) is 0 Å². The van der Waals surface area contributed by atoms with Gasteiger partial charge in [-0.2, -0.15) is 5.10 Å². The van der Waals surface area contributed by atoms with E-state index in [-0.39, 0.29) is 6.04 Å². The van der Waals surface area contributed by atoms with Crippen LogP contribution in [0.25, 0.3) is 0 Å². The van der Waals surface area contributed by atoms with Crippen LogP contribution in [-0.4, -0.2) is 40.8 Å². The van der Waals surface area contributed by atoms with Crippen molar-refractivity contribution >= 4 is 0 Å². The van der Waals surface area contributed by atoms with E-state index in [1.807, 2.05) is 31.2 Å². The second-order valence-corrected chi connectivity index (χ2v) is 6.84. The minimum absolute atomic E-state index is 0.129. The maximum atomic E-state index is 10.3. The maximum absolute atomic E-state index is 10.3. The van der Waals surface area contributed by atoms with Crippen LogP contribution >= 0.6 is 0 Å². The van der Waals surface area contributed by atoms with E-state index in [4.69, 9.17) is 14.6 Å². The van der Waals surface area contributed by atoms with Gasteiger partial charge in [0.05, 0.1) is 17.8 Å². The third kappa shape index (κ3) is 3.42. The molecule has 25 heavy (non-hydrogen) atoms. The summed E-state index contributed by atoms with van der Waals surface area (Å²) in [5.41, 5.74) is 3.22. The third-order valence-corrected chi connectivity index (χ3v) is 5.14. The highest BCUT2D eigenvalue weighted by Crippen LogP contribution is 2.32. The van der Waals surface area contributed by atoms with Gasteiger partial charge < -0.3 is 19.9 Å². The molecule has 2 aliphatic heterocycles. The number of para-hydroxylation sites is 1. The Balaban J connectivity index is 1.47. The van der Waals surface area contributed by atoms with Crippen molar-refractivity contribution in [2.45, 2.75) is 44.5 Å². The molecule has 0 amide bonds.